The van der Waals surface area contributed by atoms with Crippen LogP contribution in [-0.4, -0.2) is 26.8 Å². The molecule has 2 N–H and O–H groups in total. The zero-order valence-corrected chi connectivity index (χ0v) is 10.3. The third kappa shape index (κ3) is 2.53. The second-order valence-electron chi connectivity index (χ2n) is 4.56. The summed E-state index contributed by atoms with van der Waals surface area (Å²) >= 11 is 1.85. The smallest absolute Gasteiger partial charge is 0.115 e. The van der Waals surface area contributed by atoms with Crippen LogP contribution in [0, 0.1) is 0 Å². The first-order chi connectivity index (χ1) is 7.60. The average molecular weight is 238 g/mol. The van der Waals surface area contributed by atoms with Crippen molar-refractivity contribution in [3.8, 4) is 5.75 Å². The lowest BCUT2D eigenvalue weighted by molar-refractivity contribution is 0.0297. The molecular formula is C13H18O2S. The van der Waals surface area contributed by atoms with Crippen molar-refractivity contribution in [2.24, 2.45) is 0 Å². The van der Waals surface area contributed by atoms with Crippen LogP contribution in [-0.2, 0) is 6.42 Å². The molecule has 2 unspecified atom stereocenters. The molecule has 2 atom stereocenters. The second-order valence-corrected chi connectivity index (χ2v) is 6.01. The molecule has 1 saturated heterocycles. The summed E-state index contributed by atoms with van der Waals surface area (Å²) in [6.45, 7) is 2.10. The van der Waals surface area contributed by atoms with E-state index in [1.165, 1.54) is 0 Å². The van der Waals surface area contributed by atoms with Crippen LogP contribution in [0.3, 0.4) is 0 Å². The van der Waals surface area contributed by atoms with Crippen LogP contribution in [0.5, 0.6) is 5.75 Å². The maximum Gasteiger partial charge on any atom is 0.115 e. The number of phenolic OH excluding ortho intramolecular Hbond substituents is 1. The fraction of sp³-hybridized carbons (Fsp3) is 0.538. The number of rotatable bonds is 2. The third-order valence-corrected chi connectivity index (χ3v) is 4.79. The highest BCUT2D eigenvalue weighted by Gasteiger charge is 2.36. The summed E-state index contributed by atoms with van der Waals surface area (Å²) < 4.78 is 0. The lowest BCUT2D eigenvalue weighted by Crippen LogP contribution is -2.43. The van der Waals surface area contributed by atoms with Crippen LogP contribution in [0.25, 0.3) is 0 Å². The first-order valence-electron chi connectivity index (χ1n) is 5.72. The van der Waals surface area contributed by atoms with E-state index in [0.29, 0.717) is 6.42 Å². The summed E-state index contributed by atoms with van der Waals surface area (Å²) in [5.41, 5.74) is 0.509. The molecule has 0 aromatic heterocycles. The normalized spacial score (nSPS) is 30.2. The van der Waals surface area contributed by atoms with Gasteiger partial charge in [0.15, 0.2) is 0 Å². The minimum atomic E-state index is -0.583. The second kappa shape index (κ2) is 4.68. The molecule has 2 nitrogen and oxygen atoms in total. The van der Waals surface area contributed by atoms with E-state index in [1.54, 1.807) is 12.1 Å². The molecule has 1 aliphatic rings. The topological polar surface area (TPSA) is 40.5 Å². The van der Waals surface area contributed by atoms with E-state index >= 15 is 0 Å². The molecule has 0 amide bonds. The zero-order valence-electron chi connectivity index (χ0n) is 9.52. The number of benzene rings is 1. The molecule has 3 heteroatoms. The van der Waals surface area contributed by atoms with E-state index < -0.39 is 5.60 Å². The highest BCUT2D eigenvalue weighted by molar-refractivity contribution is 8.00. The van der Waals surface area contributed by atoms with Crippen LogP contribution in [0.4, 0.5) is 0 Å². The zero-order chi connectivity index (χ0) is 11.6. The lowest BCUT2D eigenvalue weighted by atomic mass is 9.87. The fourth-order valence-corrected chi connectivity index (χ4v) is 3.37. The van der Waals surface area contributed by atoms with Crippen molar-refractivity contribution in [1.29, 1.82) is 0 Å². The summed E-state index contributed by atoms with van der Waals surface area (Å²) in [5.74, 6) is 1.43. The molecule has 88 valence electrons. The van der Waals surface area contributed by atoms with Gasteiger partial charge in [0, 0.05) is 11.7 Å². The summed E-state index contributed by atoms with van der Waals surface area (Å²) in [6.07, 6.45) is 2.65. The van der Waals surface area contributed by atoms with Crippen LogP contribution < -0.4 is 0 Å². The van der Waals surface area contributed by atoms with E-state index in [4.69, 9.17) is 0 Å². The van der Waals surface area contributed by atoms with Gasteiger partial charge in [-0.3, -0.25) is 0 Å². The van der Waals surface area contributed by atoms with Gasteiger partial charge in [-0.1, -0.05) is 19.1 Å². The highest BCUT2D eigenvalue weighted by Crippen LogP contribution is 2.36. The Morgan fingerprint density at radius 2 is 2.06 bits per heavy atom. The summed E-state index contributed by atoms with van der Waals surface area (Å²) in [7, 11) is 0. The summed E-state index contributed by atoms with van der Waals surface area (Å²) in [4.78, 5) is 0. The third-order valence-electron chi connectivity index (χ3n) is 3.33. The minimum absolute atomic E-state index is 0.279. The van der Waals surface area contributed by atoms with Gasteiger partial charge in [-0.15, -0.1) is 0 Å². The number of hydrogen-bond donors (Lipinski definition) is 2. The Balaban J connectivity index is 2.10. The quantitative estimate of drug-likeness (QED) is 0.832. The first kappa shape index (κ1) is 11.8. The van der Waals surface area contributed by atoms with E-state index in [9.17, 15) is 10.2 Å². The predicted molar refractivity (Wildman–Crippen MR) is 67.9 cm³/mol. The summed E-state index contributed by atoms with van der Waals surface area (Å²) in [5, 5.41) is 20.1. The molecule has 1 aromatic carbocycles. The van der Waals surface area contributed by atoms with Crippen molar-refractivity contribution in [3.05, 3.63) is 29.8 Å². The molecule has 0 radical (unpaired) electrons. The van der Waals surface area contributed by atoms with Gasteiger partial charge in [0.05, 0.1) is 5.60 Å². The molecule has 0 bridgehead atoms. The molecule has 1 aromatic rings. The van der Waals surface area contributed by atoms with Gasteiger partial charge >= 0.3 is 0 Å². The SMILES string of the molecule is CC1SCCCC1(O)Cc1ccc(O)cc1. The van der Waals surface area contributed by atoms with Crippen LogP contribution >= 0.6 is 11.8 Å². The van der Waals surface area contributed by atoms with E-state index in [0.717, 1.165) is 24.2 Å². The number of aliphatic hydroxyl groups is 1. The van der Waals surface area contributed by atoms with Gasteiger partial charge in [0.1, 0.15) is 5.75 Å². The average Bonchev–Trinajstić information content (AvgIpc) is 2.26. The van der Waals surface area contributed by atoms with E-state index in [1.807, 2.05) is 23.9 Å². The fourth-order valence-electron chi connectivity index (χ4n) is 2.20. The number of phenols is 1. The number of aromatic hydroxyl groups is 1. The number of hydrogen-bond acceptors (Lipinski definition) is 3. The van der Waals surface area contributed by atoms with Crippen molar-refractivity contribution >= 4 is 11.8 Å². The Kier molecular flexibility index (Phi) is 3.45. The lowest BCUT2D eigenvalue weighted by Gasteiger charge is -2.37. The van der Waals surface area contributed by atoms with E-state index in [-0.39, 0.29) is 11.0 Å². The molecule has 1 aliphatic heterocycles. The largest absolute Gasteiger partial charge is 0.508 e. The Bertz CT molecular complexity index is 349. The van der Waals surface area contributed by atoms with Crippen LogP contribution in [0.15, 0.2) is 24.3 Å². The number of thioether (sulfide) groups is 1. The molecule has 16 heavy (non-hydrogen) atoms. The van der Waals surface area contributed by atoms with E-state index in [2.05, 4.69) is 6.92 Å². The molecule has 0 aliphatic carbocycles. The Morgan fingerprint density at radius 1 is 1.38 bits per heavy atom. The predicted octanol–water partition coefficient (Wildman–Crippen LogP) is 2.58. The Morgan fingerprint density at radius 3 is 2.69 bits per heavy atom. The monoisotopic (exact) mass is 238 g/mol. The Labute approximate surface area is 101 Å². The van der Waals surface area contributed by atoms with Gasteiger partial charge in [0.25, 0.3) is 0 Å². The Hall–Kier alpha value is -0.670. The van der Waals surface area contributed by atoms with Crippen molar-refractivity contribution in [1.82, 2.24) is 0 Å². The first-order valence-corrected chi connectivity index (χ1v) is 6.77. The molecule has 1 fully saturated rings. The minimum Gasteiger partial charge on any atom is -0.508 e. The van der Waals surface area contributed by atoms with Crippen molar-refractivity contribution in [2.45, 2.75) is 37.0 Å². The van der Waals surface area contributed by atoms with Crippen molar-refractivity contribution < 1.29 is 10.2 Å². The summed E-state index contributed by atoms with van der Waals surface area (Å²) in [6, 6.07) is 7.14. The van der Waals surface area contributed by atoms with Crippen molar-refractivity contribution in [3.63, 3.8) is 0 Å². The highest BCUT2D eigenvalue weighted by atomic mass is 32.2. The standard InChI is InChI=1S/C13H18O2S/c1-10-13(15,7-2-8-16-10)9-11-3-5-12(14)6-4-11/h3-6,10,14-15H,2,7-9H2,1H3. The molecular weight excluding hydrogens is 220 g/mol. The van der Waals surface area contributed by atoms with Crippen molar-refractivity contribution in [2.75, 3.05) is 5.75 Å². The van der Waals surface area contributed by atoms with Crippen LogP contribution in [0.2, 0.25) is 0 Å². The molecule has 2 rings (SSSR count). The molecule has 1 heterocycles. The molecule has 0 saturated carbocycles. The maximum absolute atomic E-state index is 10.6. The van der Waals surface area contributed by atoms with Gasteiger partial charge in [-0.2, -0.15) is 11.8 Å². The van der Waals surface area contributed by atoms with Gasteiger partial charge in [0.2, 0.25) is 0 Å². The maximum atomic E-state index is 10.6. The van der Waals surface area contributed by atoms with Gasteiger partial charge < -0.3 is 10.2 Å². The van der Waals surface area contributed by atoms with Crippen LogP contribution in [0.1, 0.15) is 25.3 Å². The van der Waals surface area contributed by atoms with Gasteiger partial charge in [-0.05, 0) is 36.3 Å². The van der Waals surface area contributed by atoms with Gasteiger partial charge in [-0.25, -0.2) is 0 Å². The molecule has 0 spiro atoms.